The van der Waals surface area contributed by atoms with E-state index in [4.69, 9.17) is 19.4 Å². The lowest BCUT2D eigenvalue weighted by atomic mass is 10.0. The van der Waals surface area contributed by atoms with Crippen LogP contribution in [0.25, 0.3) is 21.7 Å². The van der Waals surface area contributed by atoms with Gasteiger partial charge in [0.2, 0.25) is 12.7 Å². The van der Waals surface area contributed by atoms with E-state index in [1.165, 1.54) is 0 Å². The molecule has 2 aliphatic rings. The van der Waals surface area contributed by atoms with Crippen molar-refractivity contribution >= 4 is 17.3 Å². The summed E-state index contributed by atoms with van der Waals surface area (Å²) < 4.78 is 11.0. The summed E-state index contributed by atoms with van der Waals surface area (Å²) in [4.78, 5) is 15.4. The van der Waals surface area contributed by atoms with Gasteiger partial charge in [-0.15, -0.1) is 11.3 Å². The molecule has 0 unspecified atom stereocenters. The standard InChI is InChI=1S/C20H20N4O2S/c1-23-6-8-24(9-7-23)20-21-12-15(19(22-20)18-3-2-10-27-18)14-4-5-16-17(11-14)26-13-25-16/h2-5,10-12H,6-9,13H2,1H3. The summed E-state index contributed by atoms with van der Waals surface area (Å²) in [5.74, 6) is 2.36. The summed E-state index contributed by atoms with van der Waals surface area (Å²) in [5, 5.41) is 2.08. The predicted molar refractivity (Wildman–Crippen MR) is 107 cm³/mol. The minimum atomic E-state index is 0.273. The third kappa shape index (κ3) is 3.13. The molecule has 0 saturated carbocycles. The highest BCUT2D eigenvalue weighted by atomic mass is 32.1. The monoisotopic (exact) mass is 380 g/mol. The molecule has 0 radical (unpaired) electrons. The maximum Gasteiger partial charge on any atom is 0.231 e. The maximum absolute atomic E-state index is 5.55. The van der Waals surface area contributed by atoms with E-state index in [-0.39, 0.29) is 6.79 Å². The number of fused-ring (bicyclic) bond motifs is 1. The molecule has 0 amide bonds. The number of piperazine rings is 1. The first-order chi connectivity index (χ1) is 13.3. The first-order valence-electron chi connectivity index (χ1n) is 9.02. The van der Waals surface area contributed by atoms with E-state index >= 15 is 0 Å². The number of likely N-dealkylation sites (N-methyl/N-ethyl adjacent to an activating group) is 1. The van der Waals surface area contributed by atoms with Gasteiger partial charge in [-0.05, 0) is 36.2 Å². The molecule has 1 aromatic carbocycles. The molecule has 0 bridgehead atoms. The Kier molecular flexibility index (Phi) is 4.18. The van der Waals surface area contributed by atoms with Gasteiger partial charge in [-0.25, -0.2) is 9.97 Å². The second kappa shape index (κ2) is 6.83. The van der Waals surface area contributed by atoms with Crippen LogP contribution < -0.4 is 14.4 Å². The summed E-state index contributed by atoms with van der Waals surface area (Å²) >= 11 is 1.69. The van der Waals surface area contributed by atoms with Crippen molar-refractivity contribution in [1.82, 2.24) is 14.9 Å². The van der Waals surface area contributed by atoms with Crippen LogP contribution in [0.2, 0.25) is 0 Å². The number of anilines is 1. The summed E-state index contributed by atoms with van der Waals surface area (Å²) in [6.45, 7) is 4.23. The van der Waals surface area contributed by atoms with Gasteiger partial charge < -0.3 is 19.3 Å². The maximum atomic E-state index is 5.55. The van der Waals surface area contributed by atoms with Crippen molar-refractivity contribution in [3.05, 3.63) is 41.9 Å². The summed E-state index contributed by atoms with van der Waals surface area (Å²) in [7, 11) is 2.15. The van der Waals surface area contributed by atoms with Gasteiger partial charge in [-0.1, -0.05) is 12.1 Å². The van der Waals surface area contributed by atoms with E-state index < -0.39 is 0 Å². The molecular formula is C20H20N4O2S. The Morgan fingerprint density at radius 2 is 1.89 bits per heavy atom. The number of nitrogens with zero attached hydrogens (tertiary/aromatic N) is 4. The molecule has 138 valence electrons. The number of hydrogen-bond donors (Lipinski definition) is 0. The largest absolute Gasteiger partial charge is 0.454 e. The van der Waals surface area contributed by atoms with Gasteiger partial charge in [-0.3, -0.25) is 0 Å². The molecule has 4 heterocycles. The van der Waals surface area contributed by atoms with Gasteiger partial charge in [-0.2, -0.15) is 0 Å². The molecule has 6 nitrogen and oxygen atoms in total. The van der Waals surface area contributed by atoms with Crippen molar-refractivity contribution in [2.75, 3.05) is 44.9 Å². The quantitative estimate of drug-likeness (QED) is 0.695. The van der Waals surface area contributed by atoms with Crippen LogP contribution in [0, 0.1) is 0 Å². The third-order valence-electron chi connectivity index (χ3n) is 5.00. The lowest BCUT2D eigenvalue weighted by molar-refractivity contribution is 0.174. The van der Waals surface area contributed by atoms with E-state index in [2.05, 4.69) is 34.4 Å². The lowest BCUT2D eigenvalue weighted by Gasteiger charge is -2.32. The lowest BCUT2D eigenvalue weighted by Crippen LogP contribution is -2.45. The Hall–Kier alpha value is -2.64. The van der Waals surface area contributed by atoms with Crippen LogP contribution in [-0.4, -0.2) is 54.9 Å². The van der Waals surface area contributed by atoms with Crippen LogP contribution in [0.15, 0.2) is 41.9 Å². The van der Waals surface area contributed by atoms with Gasteiger partial charge in [0.1, 0.15) is 0 Å². The van der Waals surface area contributed by atoms with Gasteiger partial charge in [0.25, 0.3) is 0 Å². The fraction of sp³-hybridized carbons (Fsp3) is 0.300. The Labute approximate surface area is 162 Å². The van der Waals surface area contributed by atoms with Crippen molar-refractivity contribution in [2.45, 2.75) is 0 Å². The molecule has 0 spiro atoms. The van der Waals surface area contributed by atoms with Crippen LogP contribution in [0.4, 0.5) is 5.95 Å². The highest BCUT2D eigenvalue weighted by molar-refractivity contribution is 7.13. The highest BCUT2D eigenvalue weighted by Gasteiger charge is 2.21. The van der Waals surface area contributed by atoms with E-state index in [0.29, 0.717) is 0 Å². The van der Waals surface area contributed by atoms with E-state index in [9.17, 15) is 0 Å². The molecule has 2 aliphatic heterocycles. The van der Waals surface area contributed by atoms with Crippen molar-refractivity contribution in [3.63, 3.8) is 0 Å². The zero-order chi connectivity index (χ0) is 18.2. The van der Waals surface area contributed by atoms with E-state index in [0.717, 1.165) is 65.3 Å². The van der Waals surface area contributed by atoms with Crippen molar-refractivity contribution in [3.8, 4) is 33.2 Å². The Morgan fingerprint density at radius 1 is 1.04 bits per heavy atom. The average Bonchev–Trinajstić information content (AvgIpc) is 3.39. The van der Waals surface area contributed by atoms with Crippen molar-refractivity contribution in [1.29, 1.82) is 0 Å². The minimum absolute atomic E-state index is 0.273. The molecule has 2 aromatic heterocycles. The van der Waals surface area contributed by atoms with Gasteiger partial charge >= 0.3 is 0 Å². The van der Waals surface area contributed by atoms with Crippen LogP contribution in [0.1, 0.15) is 0 Å². The van der Waals surface area contributed by atoms with Crippen LogP contribution in [0.5, 0.6) is 11.5 Å². The molecule has 0 N–H and O–H groups in total. The van der Waals surface area contributed by atoms with Crippen molar-refractivity contribution < 1.29 is 9.47 Å². The molecule has 0 aliphatic carbocycles. The summed E-state index contributed by atoms with van der Waals surface area (Å²) in [6.07, 6.45) is 1.94. The number of rotatable bonds is 3. The van der Waals surface area contributed by atoms with E-state index in [1.807, 2.05) is 24.4 Å². The van der Waals surface area contributed by atoms with Gasteiger partial charge in [0.05, 0.1) is 10.6 Å². The first kappa shape index (κ1) is 16.5. The number of ether oxygens (including phenoxy) is 2. The average molecular weight is 380 g/mol. The van der Waals surface area contributed by atoms with Gasteiger partial charge in [0, 0.05) is 37.9 Å². The minimum Gasteiger partial charge on any atom is -0.454 e. The molecular weight excluding hydrogens is 360 g/mol. The predicted octanol–water partition coefficient (Wildman–Crippen LogP) is 3.35. The van der Waals surface area contributed by atoms with Crippen LogP contribution in [-0.2, 0) is 0 Å². The smallest absolute Gasteiger partial charge is 0.231 e. The molecule has 7 heteroatoms. The van der Waals surface area contributed by atoms with Crippen molar-refractivity contribution in [2.24, 2.45) is 0 Å². The second-order valence-electron chi connectivity index (χ2n) is 6.77. The summed E-state index contributed by atoms with van der Waals surface area (Å²) in [5.41, 5.74) is 3.01. The number of benzene rings is 1. The van der Waals surface area contributed by atoms with Crippen LogP contribution >= 0.6 is 11.3 Å². The van der Waals surface area contributed by atoms with E-state index in [1.54, 1.807) is 11.3 Å². The number of aromatic nitrogens is 2. The zero-order valence-electron chi connectivity index (χ0n) is 15.1. The highest BCUT2D eigenvalue weighted by Crippen LogP contribution is 2.39. The Balaban J connectivity index is 1.57. The first-order valence-corrected chi connectivity index (χ1v) is 9.90. The topological polar surface area (TPSA) is 50.7 Å². The van der Waals surface area contributed by atoms with Gasteiger partial charge in [0.15, 0.2) is 11.5 Å². The number of hydrogen-bond acceptors (Lipinski definition) is 7. The summed E-state index contributed by atoms with van der Waals surface area (Å²) in [6, 6.07) is 10.2. The number of thiophene rings is 1. The third-order valence-corrected chi connectivity index (χ3v) is 5.88. The fourth-order valence-electron chi connectivity index (χ4n) is 3.41. The molecule has 3 aromatic rings. The Bertz CT molecular complexity index is 953. The SMILES string of the molecule is CN1CCN(c2ncc(-c3ccc4c(c3)OCO4)c(-c3cccs3)n2)CC1. The fourth-order valence-corrected chi connectivity index (χ4v) is 4.14. The second-order valence-corrected chi connectivity index (χ2v) is 7.72. The molecule has 5 rings (SSSR count). The molecule has 1 fully saturated rings. The Morgan fingerprint density at radius 3 is 2.70 bits per heavy atom. The molecule has 27 heavy (non-hydrogen) atoms. The normalized spacial score (nSPS) is 16.7. The zero-order valence-corrected chi connectivity index (χ0v) is 15.9. The molecule has 1 saturated heterocycles. The van der Waals surface area contributed by atoms with Crippen LogP contribution in [0.3, 0.4) is 0 Å². The molecule has 0 atom stereocenters.